The highest BCUT2D eigenvalue weighted by Gasteiger charge is 2.16. The SMILES string of the molecule is COc1ccc(S(=O)(=O)Oc2ccc(/C=N\NC(=O)c3ccc(Cl)c(Cl)c3)cc2)cc1. The van der Waals surface area contributed by atoms with Crippen molar-refractivity contribution in [1.29, 1.82) is 0 Å². The van der Waals surface area contributed by atoms with Crippen LogP contribution >= 0.6 is 23.2 Å². The van der Waals surface area contributed by atoms with E-state index in [-0.39, 0.29) is 15.7 Å². The molecule has 0 heterocycles. The molecule has 0 saturated heterocycles. The quantitative estimate of drug-likeness (QED) is 0.305. The lowest BCUT2D eigenvalue weighted by Gasteiger charge is -2.08. The first kappa shape index (κ1) is 22.6. The van der Waals surface area contributed by atoms with Crippen LogP contribution in [-0.2, 0) is 10.1 Å². The van der Waals surface area contributed by atoms with Gasteiger partial charge in [-0.25, -0.2) is 5.43 Å². The summed E-state index contributed by atoms with van der Waals surface area (Å²) in [4.78, 5) is 12.1. The highest BCUT2D eigenvalue weighted by molar-refractivity contribution is 7.87. The number of ether oxygens (including phenoxy) is 1. The van der Waals surface area contributed by atoms with Gasteiger partial charge in [0.1, 0.15) is 16.4 Å². The molecule has 1 amide bonds. The summed E-state index contributed by atoms with van der Waals surface area (Å²) in [5.74, 6) is 0.210. The van der Waals surface area contributed by atoms with E-state index in [1.165, 1.54) is 67.9 Å². The molecular weight excluding hydrogens is 463 g/mol. The molecule has 160 valence electrons. The number of benzene rings is 3. The van der Waals surface area contributed by atoms with Crippen molar-refractivity contribution in [2.24, 2.45) is 5.10 Å². The molecule has 3 aromatic carbocycles. The van der Waals surface area contributed by atoms with Gasteiger partial charge in [0.25, 0.3) is 5.91 Å². The Morgan fingerprint density at radius 1 is 0.935 bits per heavy atom. The first-order chi connectivity index (χ1) is 14.8. The molecule has 3 rings (SSSR count). The number of nitrogens with one attached hydrogen (secondary N) is 1. The minimum absolute atomic E-state index is 0.00366. The van der Waals surface area contributed by atoms with Crippen molar-refractivity contribution in [2.75, 3.05) is 7.11 Å². The van der Waals surface area contributed by atoms with Gasteiger partial charge in [0.2, 0.25) is 0 Å². The van der Waals surface area contributed by atoms with Crippen molar-refractivity contribution in [3.05, 3.63) is 87.9 Å². The van der Waals surface area contributed by atoms with E-state index >= 15 is 0 Å². The fourth-order valence-electron chi connectivity index (χ4n) is 2.39. The van der Waals surface area contributed by atoms with Crippen LogP contribution in [0, 0.1) is 0 Å². The maximum absolute atomic E-state index is 12.4. The summed E-state index contributed by atoms with van der Waals surface area (Å²) in [7, 11) is -2.49. The molecule has 0 spiro atoms. The molecule has 7 nitrogen and oxygen atoms in total. The van der Waals surface area contributed by atoms with Crippen LogP contribution in [0.25, 0.3) is 0 Å². The van der Waals surface area contributed by atoms with E-state index in [1.54, 1.807) is 12.1 Å². The number of rotatable bonds is 7. The molecule has 0 saturated carbocycles. The average molecular weight is 479 g/mol. The van der Waals surface area contributed by atoms with Crippen LogP contribution in [0.4, 0.5) is 0 Å². The molecule has 0 aromatic heterocycles. The predicted molar refractivity (Wildman–Crippen MR) is 119 cm³/mol. The molecule has 0 atom stereocenters. The summed E-state index contributed by atoms with van der Waals surface area (Å²) in [5, 5.41) is 4.47. The van der Waals surface area contributed by atoms with Gasteiger partial charge in [-0.15, -0.1) is 0 Å². The molecule has 10 heteroatoms. The molecule has 0 unspecified atom stereocenters. The number of amides is 1. The van der Waals surface area contributed by atoms with Crippen molar-refractivity contribution in [2.45, 2.75) is 4.90 Å². The van der Waals surface area contributed by atoms with Crippen molar-refractivity contribution < 1.29 is 22.1 Å². The molecule has 0 radical (unpaired) electrons. The van der Waals surface area contributed by atoms with Crippen LogP contribution in [-0.4, -0.2) is 27.6 Å². The zero-order valence-electron chi connectivity index (χ0n) is 16.1. The van der Waals surface area contributed by atoms with E-state index in [2.05, 4.69) is 10.5 Å². The Morgan fingerprint density at radius 3 is 2.19 bits per heavy atom. The zero-order valence-corrected chi connectivity index (χ0v) is 18.4. The maximum atomic E-state index is 12.4. The van der Waals surface area contributed by atoms with Crippen LogP contribution in [0.3, 0.4) is 0 Å². The third-order valence-electron chi connectivity index (χ3n) is 4.00. The summed E-state index contributed by atoms with van der Waals surface area (Å²) >= 11 is 11.7. The second-order valence-electron chi connectivity index (χ2n) is 6.11. The van der Waals surface area contributed by atoms with E-state index < -0.39 is 16.0 Å². The van der Waals surface area contributed by atoms with Gasteiger partial charge in [0.05, 0.1) is 23.4 Å². The number of carbonyl (C=O) groups excluding carboxylic acids is 1. The Balaban J connectivity index is 1.61. The van der Waals surface area contributed by atoms with Gasteiger partial charge in [-0.2, -0.15) is 13.5 Å². The molecule has 0 aliphatic heterocycles. The number of hydrogen-bond acceptors (Lipinski definition) is 6. The van der Waals surface area contributed by atoms with E-state index in [0.29, 0.717) is 21.9 Å². The predicted octanol–water partition coefficient (Wildman–Crippen LogP) is 4.53. The molecule has 31 heavy (non-hydrogen) atoms. The highest BCUT2D eigenvalue weighted by Crippen LogP contribution is 2.23. The Kier molecular flexibility index (Phi) is 7.17. The standard InChI is InChI=1S/C21H16Cl2N2O5S/c1-29-16-7-9-18(10-8-16)31(27,28)30-17-5-2-14(3-6-17)13-24-25-21(26)15-4-11-19(22)20(23)12-15/h2-13H,1H3,(H,25,26)/b24-13-. The first-order valence-corrected chi connectivity index (χ1v) is 10.9. The Hall–Kier alpha value is -3.07. The molecule has 3 aromatic rings. The number of hydrogen-bond donors (Lipinski definition) is 1. The van der Waals surface area contributed by atoms with Crippen molar-refractivity contribution in [1.82, 2.24) is 5.43 Å². The number of methoxy groups -OCH3 is 1. The van der Waals surface area contributed by atoms with E-state index in [1.807, 2.05) is 0 Å². The van der Waals surface area contributed by atoms with Crippen LogP contribution in [0.15, 0.2) is 76.7 Å². The minimum Gasteiger partial charge on any atom is -0.497 e. The normalized spacial score (nSPS) is 11.3. The number of carbonyl (C=O) groups is 1. The summed E-state index contributed by atoms with van der Waals surface area (Å²) in [6.45, 7) is 0. The van der Waals surface area contributed by atoms with Crippen molar-refractivity contribution >= 4 is 45.4 Å². The average Bonchev–Trinajstić information content (AvgIpc) is 2.76. The molecule has 1 N–H and O–H groups in total. The Labute approximate surface area is 189 Å². The number of hydrazone groups is 1. The van der Waals surface area contributed by atoms with Crippen LogP contribution in [0.2, 0.25) is 10.0 Å². The van der Waals surface area contributed by atoms with Crippen LogP contribution in [0.1, 0.15) is 15.9 Å². The van der Waals surface area contributed by atoms with Crippen molar-refractivity contribution in [3.8, 4) is 11.5 Å². The van der Waals surface area contributed by atoms with Gasteiger partial charge in [-0.3, -0.25) is 4.79 Å². The van der Waals surface area contributed by atoms with Gasteiger partial charge < -0.3 is 8.92 Å². The van der Waals surface area contributed by atoms with Crippen molar-refractivity contribution in [3.63, 3.8) is 0 Å². The molecule has 0 bridgehead atoms. The number of halogens is 2. The highest BCUT2D eigenvalue weighted by atomic mass is 35.5. The molecule has 0 aliphatic carbocycles. The van der Waals surface area contributed by atoms with Crippen LogP contribution in [0.5, 0.6) is 11.5 Å². The van der Waals surface area contributed by atoms with Gasteiger partial charge in [0.15, 0.2) is 0 Å². The summed E-state index contributed by atoms with van der Waals surface area (Å²) in [6, 6.07) is 16.5. The second kappa shape index (κ2) is 9.82. The molecule has 0 fully saturated rings. The number of nitrogens with zero attached hydrogens (tertiary/aromatic N) is 1. The second-order valence-corrected chi connectivity index (χ2v) is 8.47. The summed E-state index contributed by atoms with van der Waals surface area (Å²) in [5.41, 5.74) is 3.29. The molecule has 0 aliphatic rings. The zero-order chi connectivity index (χ0) is 22.4. The lowest BCUT2D eigenvalue weighted by Crippen LogP contribution is -2.17. The Morgan fingerprint density at radius 2 is 1.58 bits per heavy atom. The lowest BCUT2D eigenvalue weighted by atomic mass is 10.2. The third kappa shape index (κ3) is 5.97. The third-order valence-corrected chi connectivity index (χ3v) is 6.00. The van der Waals surface area contributed by atoms with E-state index in [9.17, 15) is 13.2 Å². The van der Waals surface area contributed by atoms with E-state index in [4.69, 9.17) is 32.1 Å². The molecular formula is C21H16Cl2N2O5S. The van der Waals surface area contributed by atoms with Gasteiger partial charge in [-0.1, -0.05) is 23.2 Å². The van der Waals surface area contributed by atoms with Gasteiger partial charge in [-0.05, 0) is 72.3 Å². The fourth-order valence-corrected chi connectivity index (χ4v) is 3.62. The first-order valence-electron chi connectivity index (χ1n) is 8.75. The maximum Gasteiger partial charge on any atom is 0.339 e. The summed E-state index contributed by atoms with van der Waals surface area (Å²) in [6.07, 6.45) is 1.40. The minimum atomic E-state index is -3.98. The topological polar surface area (TPSA) is 94.1 Å². The van der Waals surface area contributed by atoms with E-state index in [0.717, 1.165) is 0 Å². The lowest BCUT2D eigenvalue weighted by molar-refractivity contribution is 0.0955. The fraction of sp³-hybridized carbons (Fsp3) is 0.0476. The smallest absolute Gasteiger partial charge is 0.339 e. The Bertz CT molecular complexity index is 1210. The largest absolute Gasteiger partial charge is 0.497 e. The van der Waals surface area contributed by atoms with Gasteiger partial charge in [0, 0.05) is 5.56 Å². The monoisotopic (exact) mass is 478 g/mol. The van der Waals surface area contributed by atoms with Crippen LogP contribution < -0.4 is 14.3 Å². The van der Waals surface area contributed by atoms with Gasteiger partial charge >= 0.3 is 10.1 Å². The summed E-state index contributed by atoms with van der Waals surface area (Å²) < 4.78 is 34.9.